The lowest BCUT2D eigenvalue weighted by Gasteiger charge is -2.42. The Labute approximate surface area is 132 Å². The van der Waals surface area contributed by atoms with Gasteiger partial charge in [-0.25, -0.2) is 0 Å². The first-order valence-corrected chi connectivity index (χ1v) is 8.81. The summed E-state index contributed by atoms with van der Waals surface area (Å²) < 4.78 is 8.97. The van der Waals surface area contributed by atoms with Crippen molar-refractivity contribution >= 4 is 10.9 Å². The number of aromatic nitrogens is 1. The molecule has 1 aromatic carbocycles. The van der Waals surface area contributed by atoms with Crippen molar-refractivity contribution in [2.45, 2.75) is 51.2 Å². The summed E-state index contributed by atoms with van der Waals surface area (Å²) in [5, 5.41) is 5.01. The van der Waals surface area contributed by atoms with Gasteiger partial charge in [0.1, 0.15) is 5.60 Å². The van der Waals surface area contributed by atoms with Gasteiger partial charge in [0, 0.05) is 17.4 Å². The average Bonchev–Trinajstić information content (AvgIpc) is 2.89. The lowest BCUT2D eigenvalue weighted by atomic mass is 9.82. The molecule has 4 rings (SSSR count). The highest BCUT2D eigenvalue weighted by Gasteiger charge is 2.43. The fourth-order valence-electron chi connectivity index (χ4n) is 4.42. The summed E-state index contributed by atoms with van der Waals surface area (Å²) in [6, 6.07) is 8.91. The van der Waals surface area contributed by atoms with E-state index in [0.717, 1.165) is 39.1 Å². The van der Waals surface area contributed by atoms with Gasteiger partial charge in [-0.2, -0.15) is 0 Å². The van der Waals surface area contributed by atoms with Gasteiger partial charge in [-0.1, -0.05) is 25.1 Å². The van der Waals surface area contributed by atoms with Crippen LogP contribution in [0.1, 0.15) is 43.9 Å². The Morgan fingerprint density at radius 1 is 1.27 bits per heavy atom. The molecule has 1 N–H and O–H groups in total. The maximum atomic E-state index is 6.42. The largest absolute Gasteiger partial charge is 0.368 e. The normalized spacial score (nSPS) is 23.7. The van der Waals surface area contributed by atoms with Crippen LogP contribution in [-0.2, 0) is 23.3 Å². The highest BCUT2D eigenvalue weighted by molar-refractivity contribution is 5.86. The van der Waals surface area contributed by atoms with Gasteiger partial charge in [-0.3, -0.25) is 0 Å². The third-order valence-corrected chi connectivity index (χ3v) is 5.33. The summed E-state index contributed by atoms with van der Waals surface area (Å²) in [7, 11) is 0. The molecular formula is C19H26N2O. The Bertz CT molecular complexity index is 626. The van der Waals surface area contributed by atoms with Gasteiger partial charge in [0.2, 0.25) is 0 Å². The molecule has 0 radical (unpaired) electrons. The van der Waals surface area contributed by atoms with Crippen LogP contribution in [0.4, 0.5) is 0 Å². The molecule has 118 valence electrons. The van der Waals surface area contributed by atoms with Crippen LogP contribution in [0, 0.1) is 0 Å². The number of fused-ring (bicyclic) bond motifs is 3. The van der Waals surface area contributed by atoms with Crippen molar-refractivity contribution in [3.63, 3.8) is 0 Å². The fourth-order valence-corrected chi connectivity index (χ4v) is 4.42. The Morgan fingerprint density at radius 3 is 3.09 bits per heavy atom. The van der Waals surface area contributed by atoms with Crippen LogP contribution in [0.15, 0.2) is 24.3 Å². The molecule has 3 nitrogen and oxygen atoms in total. The zero-order valence-corrected chi connectivity index (χ0v) is 13.5. The highest BCUT2D eigenvalue weighted by Crippen LogP contribution is 2.46. The Balaban J connectivity index is 1.77. The second-order valence-electron chi connectivity index (χ2n) is 6.69. The minimum absolute atomic E-state index is 0.0500. The number of para-hydroxylation sites is 1. The lowest BCUT2D eigenvalue weighted by Crippen LogP contribution is -2.42. The first kappa shape index (κ1) is 14.3. The molecule has 0 amide bonds. The van der Waals surface area contributed by atoms with E-state index >= 15 is 0 Å². The monoisotopic (exact) mass is 298 g/mol. The number of ether oxygens (including phenoxy) is 1. The lowest BCUT2D eigenvalue weighted by molar-refractivity contribution is -0.0860. The summed E-state index contributed by atoms with van der Waals surface area (Å²) in [6.45, 7) is 6.39. The molecule has 2 aromatic rings. The van der Waals surface area contributed by atoms with Crippen molar-refractivity contribution in [1.82, 2.24) is 9.88 Å². The Morgan fingerprint density at radius 2 is 2.18 bits per heavy atom. The minimum atomic E-state index is -0.0500. The van der Waals surface area contributed by atoms with Crippen LogP contribution in [0.2, 0.25) is 0 Å². The van der Waals surface area contributed by atoms with Crippen LogP contribution >= 0.6 is 0 Å². The number of nitrogens with one attached hydrogen (secondary N) is 1. The van der Waals surface area contributed by atoms with Crippen LogP contribution in [0.5, 0.6) is 0 Å². The first-order valence-electron chi connectivity index (χ1n) is 8.81. The van der Waals surface area contributed by atoms with Gasteiger partial charge in [0.15, 0.2) is 0 Å². The van der Waals surface area contributed by atoms with E-state index in [9.17, 15) is 0 Å². The number of nitrogens with zero attached hydrogens (tertiary/aromatic N) is 1. The smallest absolute Gasteiger partial charge is 0.110 e. The van der Waals surface area contributed by atoms with E-state index in [-0.39, 0.29) is 5.60 Å². The summed E-state index contributed by atoms with van der Waals surface area (Å²) in [5.41, 5.74) is 4.40. The van der Waals surface area contributed by atoms with Crippen LogP contribution < -0.4 is 5.32 Å². The third-order valence-electron chi connectivity index (χ3n) is 5.33. The molecule has 1 unspecified atom stereocenters. The van der Waals surface area contributed by atoms with Crippen molar-refractivity contribution in [2.75, 3.05) is 19.7 Å². The first-order chi connectivity index (χ1) is 10.9. The zero-order chi connectivity index (χ0) is 15.0. The van der Waals surface area contributed by atoms with Gasteiger partial charge >= 0.3 is 0 Å². The number of aryl methyl sites for hydroxylation is 1. The summed E-state index contributed by atoms with van der Waals surface area (Å²) in [6.07, 6.45) is 5.74. The predicted molar refractivity (Wildman–Crippen MR) is 90.3 cm³/mol. The minimum Gasteiger partial charge on any atom is -0.368 e. The van der Waals surface area contributed by atoms with Crippen LogP contribution in [0.3, 0.4) is 0 Å². The van der Waals surface area contributed by atoms with Gasteiger partial charge in [0.05, 0.1) is 12.3 Å². The molecular weight excluding hydrogens is 272 g/mol. The van der Waals surface area contributed by atoms with E-state index in [2.05, 4.69) is 41.1 Å². The van der Waals surface area contributed by atoms with E-state index < -0.39 is 0 Å². The van der Waals surface area contributed by atoms with Crippen molar-refractivity contribution in [1.29, 1.82) is 0 Å². The fraction of sp³-hybridized carbons (Fsp3) is 0.579. The SMILES string of the molecule is CCCNCCC12CCCn3c1c(c1ccccc13)CCO2. The predicted octanol–water partition coefficient (Wildman–Crippen LogP) is 3.59. The molecule has 1 aromatic heterocycles. The molecule has 1 atom stereocenters. The Kier molecular flexibility index (Phi) is 3.71. The number of rotatable bonds is 5. The molecule has 0 saturated carbocycles. The van der Waals surface area contributed by atoms with E-state index in [4.69, 9.17) is 4.74 Å². The number of hydrogen-bond acceptors (Lipinski definition) is 2. The van der Waals surface area contributed by atoms with Gasteiger partial charge in [-0.05, 0) is 56.8 Å². The topological polar surface area (TPSA) is 26.2 Å². The number of benzene rings is 1. The molecule has 22 heavy (non-hydrogen) atoms. The van der Waals surface area contributed by atoms with E-state index in [1.807, 2.05) is 0 Å². The van der Waals surface area contributed by atoms with Gasteiger partial charge in [0.25, 0.3) is 0 Å². The average molecular weight is 298 g/mol. The maximum absolute atomic E-state index is 6.42. The third kappa shape index (κ3) is 2.10. The molecule has 0 saturated heterocycles. The molecule has 2 aliphatic rings. The highest BCUT2D eigenvalue weighted by atomic mass is 16.5. The number of hydrogen-bond donors (Lipinski definition) is 1. The van der Waals surface area contributed by atoms with Gasteiger partial charge in [-0.15, -0.1) is 0 Å². The van der Waals surface area contributed by atoms with Crippen LogP contribution in [0.25, 0.3) is 10.9 Å². The quantitative estimate of drug-likeness (QED) is 0.854. The molecule has 0 bridgehead atoms. The Hall–Kier alpha value is -1.32. The summed E-state index contributed by atoms with van der Waals surface area (Å²) in [4.78, 5) is 0. The van der Waals surface area contributed by atoms with Crippen molar-refractivity contribution in [3.05, 3.63) is 35.5 Å². The van der Waals surface area contributed by atoms with E-state index in [1.165, 1.54) is 35.9 Å². The van der Waals surface area contributed by atoms with E-state index in [1.54, 1.807) is 5.56 Å². The standard InChI is InChI=1S/C19H26N2O/c1-2-11-20-12-10-19-9-5-13-21-17-7-4-3-6-15(17)16(18(19)21)8-14-22-19/h3-4,6-7,20H,2,5,8-14H2,1H3. The molecule has 2 aliphatic heterocycles. The zero-order valence-electron chi connectivity index (χ0n) is 13.5. The van der Waals surface area contributed by atoms with Gasteiger partial charge < -0.3 is 14.6 Å². The molecule has 0 aliphatic carbocycles. The molecule has 0 fully saturated rings. The second-order valence-corrected chi connectivity index (χ2v) is 6.69. The molecule has 3 heteroatoms. The summed E-state index contributed by atoms with van der Waals surface area (Å²) >= 11 is 0. The molecule has 3 heterocycles. The van der Waals surface area contributed by atoms with Crippen molar-refractivity contribution < 1.29 is 4.74 Å². The second kappa shape index (κ2) is 5.71. The van der Waals surface area contributed by atoms with Crippen molar-refractivity contribution in [3.8, 4) is 0 Å². The summed E-state index contributed by atoms with van der Waals surface area (Å²) in [5.74, 6) is 0. The van der Waals surface area contributed by atoms with Crippen LogP contribution in [-0.4, -0.2) is 24.3 Å². The van der Waals surface area contributed by atoms with Crippen molar-refractivity contribution in [2.24, 2.45) is 0 Å². The molecule has 0 spiro atoms. The van der Waals surface area contributed by atoms with E-state index in [0.29, 0.717) is 0 Å². The maximum Gasteiger partial charge on any atom is 0.110 e.